The number of rotatable bonds is 5. The zero-order chi connectivity index (χ0) is 22.3. The maximum atomic E-state index is 12.8. The van der Waals surface area contributed by atoms with Gasteiger partial charge >= 0.3 is 0 Å². The highest BCUT2D eigenvalue weighted by molar-refractivity contribution is 6.31. The van der Waals surface area contributed by atoms with Gasteiger partial charge in [0.2, 0.25) is 0 Å². The number of hydrogen-bond acceptors (Lipinski definition) is 5. The van der Waals surface area contributed by atoms with Crippen molar-refractivity contribution < 1.29 is 8.78 Å². The van der Waals surface area contributed by atoms with Gasteiger partial charge in [-0.25, -0.2) is 23.4 Å². The van der Waals surface area contributed by atoms with E-state index in [0.717, 1.165) is 28.3 Å². The molecule has 0 aliphatic rings. The van der Waals surface area contributed by atoms with E-state index in [1.807, 2.05) is 33.9 Å². The van der Waals surface area contributed by atoms with Gasteiger partial charge in [-0.3, -0.25) is 9.67 Å². The summed E-state index contributed by atoms with van der Waals surface area (Å²) in [5.41, 5.74) is 5.34. The first-order valence-electron chi connectivity index (χ1n) is 9.56. The number of aryl methyl sites for hydroxylation is 2. The largest absolute Gasteiger partial charge is 0.280 e. The van der Waals surface area contributed by atoms with Crippen LogP contribution in [0.2, 0.25) is 5.02 Å². The van der Waals surface area contributed by atoms with Crippen LogP contribution in [-0.2, 0) is 13.5 Å². The standard InChI is InChI=1S/C21H20ClF2N7/c1-11-17(30(4)29-20(11)14-5-6-16(21(23)24)25-9-14)7-15-8-18(27-10-26-15)31-13(3)19(22)12(2)28-31/h5-6,8-10,21H,7H2,1-4H3. The summed E-state index contributed by atoms with van der Waals surface area (Å²) in [4.78, 5) is 12.6. The predicted molar refractivity (Wildman–Crippen MR) is 113 cm³/mol. The molecule has 0 unspecified atom stereocenters. The summed E-state index contributed by atoms with van der Waals surface area (Å²) >= 11 is 6.26. The van der Waals surface area contributed by atoms with E-state index in [4.69, 9.17) is 11.6 Å². The third kappa shape index (κ3) is 3.93. The summed E-state index contributed by atoms with van der Waals surface area (Å²) in [7, 11) is 1.84. The molecule has 10 heteroatoms. The third-order valence-corrected chi connectivity index (χ3v) is 5.74. The van der Waals surface area contributed by atoms with Crippen LogP contribution in [0.1, 0.15) is 40.5 Å². The van der Waals surface area contributed by atoms with Crippen molar-refractivity contribution in [3.8, 4) is 17.1 Å². The van der Waals surface area contributed by atoms with E-state index in [1.165, 1.54) is 18.6 Å². The van der Waals surface area contributed by atoms with Crippen LogP contribution in [-0.4, -0.2) is 34.5 Å². The molecule has 4 aromatic rings. The lowest BCUT2D eigenvalue weighted by atomic mass is 10.1. The van der Waals surface area contributed by atoms with Crippen LogP contribution < -0.4 is 0 Å². The fourth-order valence-corrected chi connectivity index (χ4v) is 3.59. The molecule has 4 rings (SSSR count). The molecule has 0 fully saturated rings. The second kappa shape index (κ2) is 8.14. The van der Waals surface area contributed by atoms with E-state index < -0.39 is 6.43 Å². The van der Waals surface area contributed by atoms with Crippen LogP contribution in [0.15, 0.2) is 30.7 Å². The van der Waals surface area contributed by atoms with Gasteiger partial charge in [-0.05, 0) is 38.5 Å². The van der Waals surface area contributed by atoms with Crippen molar-refractivity contribution in [2.24, 2.45) is 7.05 Å². The highest BCUT2D eigenvalue weighted by Gasteiger charge is 2.18. The Hall–Kier alpha value is -3.20. The summed E-state index contributed by atoms with van der Waals surface area (Å²) in [6, 6.07) is 4.80. The van der Waals surface area contributed by atoms with Crippen LogP contribution in [0.5, 0.6) is 0 Å². The van der Waals surface area contributed by atoms with Gasteiger partial charge in [0.15, 0.2) is 5.82 Å². The van der Waals surface area contributed by atoms with E-state index in [9.17, 15) is 8.78 Å². The van der Waals surface area contributed by atoms with E-state index >= 15 is 0 Å². The molecule has 0 N–H and O–H groups in total. The minimum atomic E-state index is -2.60. The Bertz CT molecular complexity index is 1250. The Labute approximate surface area is 182 Å². The Morgan fingerprint density at radius 1 is 1.06 bits per heavy atom. The van der Waals surface area contributed by atoms with Gasteiger partial charge in [0.25, 0.3) is 6.43 Å². The summed E-state index contributed by atoms with van der Waals surface area (Å²) in [6.45, 7) is 5.67. The lowest BCUT2D eigenvalue weighted by Gasteiger charge is -2.07. The van der Waals surface area contributed by atoms with E-state index in [2.05, 4.69) is 25.1 Å². The van der Waals surface area contributed by atoms with E-state index in [1.54, 1.807) is 15.4 Å². The highest BCUT2D eigenvalue weighted by Crippen LogP contribution is 2.27. The molecule has 0 aliphatic heterocycles. The van der Waals surface area contributed by atoms with Crippen molar-refractivity contribution in [3.05, 3.63) is 69.8 Å². The Morgan fingerprint density at radius 2 is 1.84 bits per heavy atom. The molecule has 4 heterocycles. The summed E-state index contributed by atoms with van der Waals surface area (Å²) < 4.78 is 29.0. The van der Waals surface area contributed by atoms with Crippen LogP contribution >= 0.6 is 11.6 Å². The maximum Gasteiger partial charge on any atom is 0.280 e. The molecule has 0 amide bonds. The third-order valence-electron chi connectivity index (χ3n) is 5.19. The van der Waals surface area contributed by atoms with Gasteiger partial charge in [0.1, 0.15) is 12.0 Å². The van der Waals surface area contributed by atoms with E-state index in [0.29, 0.717) is 28.5 Å². The molecule has 4 aromatic heterocycles. The number of pyridine rings is 1. The average molecular weight is 444 g/mol. The first-order chi connectivity index (χ1) is 14.8. The molecule has 0 saturated heterocycles. The molecule has 7 nitrogen and oxygen atoms in total. The maximum absolute atomic E-state index is 12.8. The second-order valence-corrected chi connectivity index (χ2v) is 7.64. The number of aromatic nitrogens is 7. The van der Waals surface area contributed by atoms with Gasteiger partial charge in [0.05, 0.1) is 27.8 Å². The van der Waals surface area contributed by atoms with Crippen molar-refractivity contribution in [2.75, 3.05) is 0 Å². The summed E-state index contributed by atoms with van der Waals surface area (Å²) in [5, 5.41) is 9.62. The minimum absolute atomic E-state index is 0.254. The monoisotopic (exact) mass is 443 g/mol. The quantitative estimate of drug-likeness (QED) is 0.452. The summed E-state index contributed by atoms with van der Waals surface area (Å²) in [6.07, 6.45) is 0.837. The lowest BCUT2D eigenvalue weighted by Crippen LogP contribution is -2.06. The highest BCUT2D eigenvalue weighted by atomic mass is 35.5. The number of halogens is 3. The fraction of sp³-hybridized carbons (Fsp3) is 0.286. The number of nitrogens with zero attached hydrogens (tertiary/aromatic N) is 7. The Balaban J connectivity index is 1.65. The van der Waals surface area contributed by atoms with Crippen molar-refractivity contribution in [1.29, 1.82) is 0 Å². The van der Waals surface area contributed by atoms with Crippen LogP contribution in [0, 0.1) is 20.8 Å². The van der Waals surface area contributed by atoms with Crippen LogP contribution in [0.3, 0.4) is 0 Å². The first kappa shape index (κ1) is 21.0. The van der Waals surface area contributed by atoms with Gasteiger partial charge < -0.3 is 0 Å². The van der Waals surface area contributed by atoms with Crippen molar-refractivity contribution in [3.63, 3.8) is 0 Å². The smallest absolute Gasteiger partial charge is 0.271 e. The molecule has 160 valence electrons. The fourth-order valence-electron chi connectivity index (χ4n) is 3.48. The van der Waals surface area contributed by atoms with E-state index in [-0.39, 0.29) is 5.69 Å². The molecule has 31 heavy (non-hydrogen) atoms. The average Bonchev–Trinajstić information content (AvgIpc) is 3.18. The molecule has 0 aromatic carbocycles. The van der Waals surface area contributed by atoms with Crippen LogP contribution in [0.25, 0.3) is 17.1 Å². The molecule has 0 aliphatic carbocycles. The van der Waals surface area contributed by atoms with Gasteiger partial charge in [0, 0.05) is 37.0 Å². The predicted octanol–water partition coefficient (Wildman–Crippen LogP) is 4.56. The van der Waals surface area contributed by atoms with Crippen molar-refractivity contribution in [2.45, 2.75) is 33.6 Å². The lowest BCUT2D eigenvalue weighted by molar-refractivity contribution is 0.146. The first-order valence-corrected chi connectivity index (χ1v) is 9.94. The molecule has 0 atom stereocenters. The van der Waals surface area contributed by atoms with Gasteiger partial charge in [-0.15, -0.1) is 0 Å². The summed E-state index contributed by atoms with van der Waals surface area (Å²) in [5.74, 6) is 0.629. The molecule has 0 radical (unpaired) electrons. The topological polar surface area (TPSA) is 74.3 Å². The zero-order valence-electron chi connectivity index (χ0n) is 17.4. The SMILES string of the molecule is Cc1nn(-c2cc(Cc3c(C)c(-c4ccc(C(F)F)nc4)nn3C)ncn2)c(C)c1Cl. The second-order valence-electron chi connectivity index (χ2n) is 7.26. The molecule has 0 saturated carbocycles. The van der Waals surface area contributed by atoms with Crippen molar-refractivity contribution >= 4 is 11.6 Å². The molecular weight excluding hydrogens is 424 g/mol. The molecule has 0 bridgehead atoms. The van der Waals surface area contributed by atoms with Crippen LogP contribution in [0.4, 0.5) is 8.78 Å². The zero-order valence-corrected chi connectivity index (χ0v) is 18.2. The van der Waals surface area contributed by atoms with Crippen molar-refractivity contribution in [1.82, 2.24) is 34.5 Å². The van der Waals surface area contributed by atoms with Gasteiger partial charge in [-0.2, -0.15) is 10.2 Å². The minimum Gasteiger partial charge on any atom is -0.271 e. The van der Waals surface area contributed by atoms with Gasteiger partial charge in [-0.1, -0.05) is 11.6 Å². The Kier molecular flexibility index (Phi) is 5.53. The molecule has 0 spiro atoms. The number of alkyl halides is 2. The number of hydrogen-bond donors (Lipinski definition) is 0. The Morgan fingerprint density at radius 3 is 2.45 bits per heavy atom. The molecular formula is C21H20ClF2N7. The normalized spacial score (nSPS) is 11.5.